The molecule has 0 aromatic carbocycles. The lowest BCUT2D eigenvalue weighted by Gasteiger charge is -2.23. The molecule has 0 fully saturated rings. The van der Waals surface area contributed by atoms with E-state index in [0.29, 0.717) is 11.6 Å². The Morgan fingerprint density at radius 3 is 2.18 bits per heavy atom. The van der Waals surface area contributed by atoms with Gasteiger partial charge in [-0.15, -0.1) is 0 Å². The number of ether oxygens (including phenoxy) is 1. The molecule has 0 aliphatic heterocycles. The molecule has 102 valence electrons. The lowest BCUT2D eigenvalue weighted by Crippen LogP contribution is -2.35. The highest BCUT2D eigenvalue weighted by atomic mass is 16.6. The summed E-state index contributed by atoms with van der Waals surface area (Å²) in [4.78, 5) is 11.4. The van der Waals surface area contributed by atoms with E-state index in [0.717, 1.165) is 19.3 Å². The van der Waals surface area contributed by atoms with Gasteiger partial charge >= 0.3 is 6.09 Å². The molecule has 0 heterocycles. The number of carbonyl (C=O) groups is 1. The minimum Gasteiger partial charge on any atom is -0.442 e. The van der Waals surface area contributed by atoms with E-state index in [1.807, 2.05) is 0 Å². The standard InChI is InChI=1S/C13H27NO3/c1-5-6-7-8-9-10-11-14(16)12(15)17-13(2,3)4/h16H,5-11H2,1-4H3. The van der Waals surface area contributed by atoms with Gasteiger partial charge in [-0.1, -0.05) is 39.0 Å². The lowest BCUT2D eigenvalue weighted by molar-refractivity contribution is -0.0944. The Morgan fingerprint density at radius 1 is 1.12 bits per heavy atom. The maximum absolute atomic E-state index is 11.4. The Hall–Kier alpha value is -0.770. The third-order valence-corrected chi connectivity index (χ3v) is 2.33. The molecular weight excluding hydrogens is 218 g/mol. The highest BCUT2D eigenvalue weighted by Gasteiger charge is 2.20. The molecule has 4 nitrogen and oxygen atoms in total. The van der Waals surface area contributed by atoms with Crippen LogP contribution in [0, 0.1) is 0 Å². The minimum atomic E-state index is -0.661. The molecule has 0 rings (SSSR count). The number of hydrogen-bond donors (Lipinski definition) is 1. The minimum absolute atomic E-state index is 0.348. The number of hydroxylamine groups is 2. The third-order valence-electron chi connectivity index (χ3n) is 2.33. The monoisotopic (exact) mass is 245 g/mol. The van der Waals surface area contributed by atoms with Crippen LogP contribution in [-0.2, 0) is 4.74 Å². The van der Waals surface area contributed by atoms with Crippen LogP contribution < -0.4 is 0 Å². The molecule has 0 aliphatic carbocycles. The normalized spacial score (nSPS) is 11.4. The van der Waals surface area contributed by atoms with Gasteiger partial charge in [0.2, 0.25) is 0 Å². The number of rotatable bonds is 7. The quantitative estimate of drug-likeness (QED) is 0.419. The van der Waals surface area contributed by atoms with E-state index in [-0.39, 0.29) is 0 Å². The molecule has 1 N–H and O–H groups in total. The maximum Gasteiger partial charge on any atom is 0.434 e. The molecule has 4 heteroatoms. The number of carbonyl (C=O) groups excluding carboxylic acids is 1. The van der Waals surface area contributed by atoms with Crippen molar-refractivity contribution in [3.05, 3.63) is 0 Å². The van der Waals surface area contributed by atoms with Gasteiger partial charge in [-0.2, -0.15) is 5.06 Å². The Morgan fingerprint density at radius 2 is 1.65 bits per heavy atom. The summed E-state index contributed by atoms with van der Waals surface area (Å²) in [5, 5.41) is 10.1. The first-order valence-electron chi connectivity index (χ1n) is 6.56. The number of unbranched alkanes of at least 4 members (excludes halogenated alkanes) is 5. The molecular formula is C13H27NO3. The number of nitrogens with zero attached hydrogens (tertiary/aromatic N) is 1. The van der Waals surface area contributed by atoms with Crippen molar-refractivity contribution in [2.75, 3.05) is 6.54 Å². The second-order valence-electron chi connectivity index (χ2n) is 5.37. The molecule has 0 aromatic rings. The third kappa shape index (κ3) is 10.1. The first-order valence-corrected chi connectivity index (χ1v) is 6.56. The fraction of sp³-hybridized carbons (Fsp3) is 0.923. The predicted molar refractivity (Wildman–Crippen MR) is 68.1 cm³/mol. The van der Waals surface area contributed by atoms with E-state index in [2.05, 4.69) is 6.92 Å². The van der Waals surface area contributed by atoms with Crippen LogP contribution in [0.2, 0.25) is 0 Å². The fourth-order valence-corrected chi connectivity index (χ4v) is 1.45. The summed E-state index contributed by atoms with van der Waals surface area (Å²) in [6, 6.07) is 0. The fourth-order valence-electron chi connectivity index (χ4n) is 1.45. The second kappa shape index (κ2) is 8.34. The summed E-state index contributed by atoms with van der Waals surface area (Å²) in [5.41, 5.74) is -0.556. The van der Waals surface area contributed by atoms with Crippen molar-refractivity contribution in [1.82, 2.24) is 5.06 Å². The van der Waals surface area contributed by atoms with E-state index >= 15 is 0 Å². The summed E-state index contributed by atoms with van der Waals surface area (Å²) in [7, 11) is 0. The van der Waals surface area contributed by atoms with E-state index < -0.39 is 11.7 Å². The Balaban J connectivity index is 3.58. The largest absolute Gasteiger partial charge is 0.442 e. The van der Waals surface area contributed by atoms with Crippen molar-refractivity contribution in [2.24, 2.45) is 0 Å². The summed E-state index contributed by atoms with van der Waals surface area (Å²) in [6.07, 6.45) is 6.08. The first kappa shape index (κ1) is 16.2. The SMILES string of the molecule is CCCCCCCCN(O)C(=O)OC(C)(C)C. The molecule has 0 saturated heterocycles. The molecule has 0 aromatic heterocycles. The smallest absolute Gasteiger partial charge is 0.434 e. The molecule has 1 amide bonds. The molecule has 0 atom stereocenters. The van der Waals surface area contributed by atoms with Gasteiger partial charge in [0.25, 0.3) is 0 Å². The van der Waals surface area contributed by atoms with Gasteiger partial charge in [0.15, 0.2) is 0 Å². The molecule has 0 saturated carbocycles. The van der Waals surface area contributed by atoms with Crippen molar-refractivity contribution in [2.45, 2.75) is 71.8 Å². The summed E-state index contributed by atoms with van der Waals surface area (Å²) in [5.74, 6) is 0. The van der Waals surface area contributed by atoms with E-state index in [9.17, 15) is 10.0 Å². The van der Waals surface area contributed by atoms with Gasteiger partial charge in [0.1, 0.15) is 5.60 Å². The summed E-state index contributed by atoms with van der Waals surface area (Å²) >= 11 is 0. The van der Waals surface area contributed by atoms with Crippen LogP contribution in [0.5, 0.6) is 0 Å². The van der Waals surface area contributed by atoms with Crippen LogP contribution in [0.1, 0.15) is 66.2 Å². The molecule has 17 heavy (non-hydrogen) atoms. The Kier molecular flexibility index (Phi) is 7.96. The van der Waals surface area contributed by atoms with E-state index in [4.69, 9.17) is 4.74 Å². The summed E-state index contributed by atoms with van der Waals surface area (Å²) < 4.78 is 5.03. The first-order chi connectivity index (χ1) is 7.87. The second-order valence-corrected chi connectivity index (χ2v) is 5.37. The summed E-state index contributed by atoms with van der Waals surface area (Å²) in [6.45, 7) is 7.87. The van der Waals surface area contributed by atoms with Crippen LogP contribution in [-0.4, -0.2) is 28.5 Å². The van der Waals surface area contributed by atoms with Crippen molar-refractivity contribution >= 4 is 6.09 Å². The van der Waals surface area contributed by atoms with Crippen LogP contribution in [0.4, 0.5) is 4.79 Å². The van der Waals surface area contributed by atoms with Crippen LogP contribution in [0.3, 0.4) is 0 Å². The van der Waals surface area contributed by atoms with E-state index in [1.165, 1.54) is 19.3 Å². The highest BCUT2D eigenvalue weighted by Crippen LogP contribution is 2.10. The van der Waals surface area contributed by atoms with Gasteiger partial charge < -0.3 is 4.74 Å². The molecule has 0 aliphatic rings. The van der Waals surface area contributed by atoms with Gasteiger partial charge in [-0.05, 0) is 27.2 Å². The maximum atomic E-state index is 11.4. The van der Waals surface area contributed by atoms with Crippen LogP contribution in [0.25, 0.3) is 0 Å². The lowest BCUT2D eigenvalue weighted by atomic mass is 10.1. The van der Waals surface area contributed by atoms with Crippen molar-refractivity contribution in [3.63, 3.8) is 0 Å². The Labute approximate surface area is 105 Å². The number of amides is 1. The zero-order valence-electron chi connectivity index (χ0n) is 11.7. The van der Waals surface area contributed by atoms with Gasteiger partial charge in [0, 0.05) is 0 Å². The van der Waals surface area contributed by atoms with Crippen LogP contribution in [0.15, 0.2) is 0 Å². The molecule has 0 spiro atoms. The molecule has 0 radical (unpaired) electrons. The van der Waals surface area contributed by atoms with Gasteiger partial charge in [-0.25, -0.2) is 4.79 Å². The predicted octanol–water partition coefficient (Wildman–Crippen LogP) is 3.97. The van der Waals surface area contributed by atoms with Crippen molar-refractivity contribution in [1.29, 1.82) is 0 Å². The topological polar surface area (TPSA) is 49.8 Å². The molecule has 0 unspecified atom stereocenters. The number of hydrogen-bond acceptors (Lipinski definition) is 3. The average molecular weight is 245 g/mol. The Bertz CT molecular complexity index is 211. The van der Waals surface area contributed by atoms with Crippen molar-refractivity contribution < 1.29 is 14.7 Å². The highest BCUT2D eigenvalue weighted by molar-refractivity contribution is 5.66. The molecule has 0 bridgehead atoms. The zero-order valence-corrected chi connectivity index (χ0v) is 11.7. The van der Waals surface area contributed by atoms with Crippen LogP contribution >= 0.6 is 0 Å². The zero-order chi connectivity index (χ0) is 13.3. The van der Waals surface area contributed by atoms with Crippen molar-refractivity contribution in [3.8, 4) is 0 Å². The van der Waals surface area contributed by atoms with Gasteiger partial charge in [-0.3, -0.25) is 5.21 Å². The van der Waals surface area contributed by atoms with E-state index in [1.54, 1.807) is 20.8 Å². The van der Waals surface area contributed by atoms with Gasteiger partial charge in [0.05, 0.1) is 6.54 Å². The average Bonchev–Trinajstić information content (AvgIpc) is 2.20.